The molecule has 0 amide bonds. The molecule has 1 N–H and O–H groups in total. The van der Waals surface area contributed by atoms with E-state index >= 15 is 0 Å². The molecule has 0 spiro atoms. The van der Waals surface area contributed by atoms with Crippen LogP contribution < -0.4 is 9.47 Å². The first-order chi connectivity index (χ1) is 8.75. The van der Waals surface area contributed by atoms with Gasteiger partial charge in [0.05, 0.1) is 5.60 Å². The number of rotatable bonds is 1. The zero-order valence-electron chi connectivity index (χ0n) is 10.4. The van der Waals surface area contributed by atoms with Crippen LogP contribution in [0.25, 0.3) is 0 Å². The second-order valence-corrected chi connectivity index (χ2v) is 5.86. The standard InChI is InChI=1S/C15H18O3/c16-15(9-10-1-2-11(15)7-10)12-3-4-13-14(8-12)18-6-5-17-13/h3-4,8,10-11,16H,1-2,5-7,9H2. The fraction of sp³-hybridized carbons (Fsp3) is 0.600. The highest BCUT2D eigenvalue weighted by Gasteiger charge is 2.51. The number of ether oxygens (including phenoxy) is 2. The molecule has 3 nitrogen and oxygen atoms in total. The Morgan fingerprint density at radius 2 is 1.94 bits per heavy atom. The maximum Gasteiger partial charge on any atom is 0.161 e. The summed E-state index contributed by atoms with van der Waals surface area (Å²) in [5, 5.41) is 11.0. The van der Waals surface area contributed by atoms with Crippen LogP contribution in [0.5, 0.6) is 11.5 Å². The second-order valence-electron chi connectivity index (χ2n) is 5.86. The first-order valence-electron chi connectivity index (χ1n) is 6.88. The van der Waals surface area contributed by atoms with Crippen molar-refractivity contribution in [2.45, 2.75) is 31.3 Å². The van der Waals surface area contributed by atoms with Gasteiger partial charge in [-0.2, -0.15) is 0 Å². The van der Waals surface area contributed by atoms with Gasteiger partial charge in [-0.05, 0) is 55.2 Å². The molecule has 0 aromatic heterocycles. The Bertz CT molecular complexity index is 485. The summed E-state index contributed by atoms with van der Waals surface area (Å²) in [6.45, 7) is 1.21. The van der Waals surface area contributed by atoms with Crippen LogP contribution in [0.2, 0.25) is 0 Å². The fourth-order valence-corrected chi connectivity index (χ4v) is 3.97. The molecule has 1 heterocycles. The normalized spacial score (nSPS) is 36.9. The van der Waals surface area contributed by atoms with E-state index in [0.717, 1.165) is 29.9 Å². The summed E-state index contributed by atoms with van der Waals surface area (Å²) in [5.74, 6) is 2.74. The van der Waals surface area contributed by atoms with Crippen molar-refractivity contribution in [3.05, 3.63) is 23.8 Å². The van der Waals surface area contributed by atoms with Gasteiger partial charge in [-0.3, -0.25) is 0 Å². The third kappa shape index (κ3) is 1.40. The average molecular weight is 246 g/mol. The zero-order chi connectivity index (χ0) is 12.2. The summed E-state index contributed by atoms with van der Waals surface area (Å²) in [7, 11) is 0. The van der Waals surface area contributed by atoms with Crippen LogP contribution in [0.1, 0.15) is 31.2 Å². The topological polar surface area (TPSA) is 38.7 Å². The summed E-state index contributed by atoms with van der Waals surface area (Å²) >= 11 is 0. The molecule has 96 valence electrons. The molecule has 2 fully saturated rings. The highest BCUT2D eigenvalue weighted by Crippen LogP contribution is 2.56. The number of benzene rings is 1. The largest absolute Gasteiger partial charge is 0.486 e. The van der Waals surface area contributed by atoms with Crippen LogP contribution in [0.4, 0.5) is 0 Å². The van der Waals surface area contributed by atoms with E-state index in [2.05, 4.69) is 0 Å². The van der Waals surface area contributed by atoms with Gasteiger partial charge < -0.3 is 14.6 Å². The molecule has 2 aliphatic carbocycles. The van der Waals surface area contributed by atoms with Crippen molar-refractivity contribution in [3.8, 4) is 11.5 Å². The minimum absolute atomic E-state index is 0.435. The lowest BCUT2D eigenvalue weighted by molar-refractivity contribution is -0.0185. The molecule has 1 aliphatic heterocycles. The molecule has 2 saturated carbocycles. The lowest BCUT2D eigenvalue weighted by atomic mass is 9.79. The van der Waals surface area contributed by atoms with E-state index in [0.29, 0.717) is 25.0 Å². The molecule has 4 rings (SSSR count). The van der Waals surface area contributed by atoms with Gasteiger partial charge in [0.2, 0.25) is 0 Å². The summed E-state index contributed by atoms with van der Waals surface area (Å²) in [6.07, 6.45) is 4.55. The summed E-state index contributed by atoms with van der Waals surface area (Å²) in [6, 6.07) is 5.93. The lowest BCUT2D eigenvalue weighted by Gasteiger charge is -2.33. The molecule has 2 bridgehead atoms. The average Bonchev–Trinajstić information content (AvgIpc) is 2.99. The molecule has 1 aromatic carbocycles. The summed E-state index contributed by atoms with van der Waals surface area (Å²) in [4.78, 5) is 0. The minimum Gasteiger partial charge on any atom is -0.486 e. The van der Waals surface area contributed by atoms with Crippen LogP contribution in [-0.2, 0) is 5.60 Å². The van der Waals surface area contributed by atoms with Crippen molar-refractivity contribution in [2.24, 2.45) is 11.8 Å². The number of aliphatic hydroxyl groups is 1. The Morgan fingerprint density at radius 1 is 1.11 bits per heavy atom. The lowest BCUT2D eigenvalue weighted by Crippen LogP contribution is -2.32. The smallest absolute Gasteiger partial charge is 0.161 e. The Balaban J connectivity index is 1.72. The van der Waals surface area contributed by atoms with Crippen molar-refractivity contribution in [1.82, 2.24) is 0 Å². The van der Waals surface area contributed by atoms with Gasteiger partial charge in [-0.25, -0.2) is 0 Å². The Hall–Kier alpha value is -1.22. The molecule has 3 aliphatic rings. The van der Waals surface area contributed by atoms with Crippen molar-refractivity contribution in [3.63, 3.8) is 0 Å². The van der Waals surface area contributed by atoms with Crippen molar-refractivity contribution in [2.75, 3.05) is 13.2 Å². The molecule has 3 heteroatoms. The highest BCUT2D eigenvalue weighted by molar-refractivity contribution is 5.46. The molecule has 3 unspecified atom stereocenters. The Morgan fingerprint density at radius 3 is 2.67 bits per heavy atom. The number of fused-ring (bicyclic) bond motifs is 3. The second kappa shape index (κ2) is 3.64. The van der Waals surface area contributed by atoms with Crippen LogP contribution in [0, 0.1) is 11.8 Å². The highest BCUT2D eigenvalue weighted by atomic mass is 16.6. The van der Waals surface area contributed by atoms with Gasteiger partial charge in [0.1, 0.15) is 13.2 Å². The molecule has 0 radical (unpaired) electrons. The van der Waals surface area contributed by atoms with Crippen molar-refractivity contribution < 1.29 is 14.6 Å². The van der Waals surface area contributed by atoms with Gasteiger partial charge >= 0.3 is 0 Å². The van der Waals surface area contributed by atoms with E-state index in [9.17, 15) is 5.11 Å². The quantitative estimate of drug-likeness (QED) is 0.827. The van der Waals surface area contributed by atoms with Gasteiger partial charge in [0, 0.05) is 0 Å². The van der Waals surface area contributed by atoms with E-state index in [1.54, 1.807) is 0 Å². The molecular formula is C15H18O3. The van der Waals surface area contributed by atoms with Crippen molar-refractivity contribution >= 4 is 0 Å². The zero-order valence-corrected chi connectivity index (χ0v) is 10.4. The van der Waals surface area contributed by atoms with Gasteiger partial charge in [0.15, 0.2) is 11.5 Å². The van der Waals surface area contributed by atoms with Gasteiger partial charge in [-0.15, -0.1) is 0 Å². The van der Waals surface area contributed by atoms with Crippen molar-refractivity contribution in [1.29, 1.82) is 0 Å². The Labute approximate surface area is 107 Å². The van der Waals surface area contributed by atoms with Crippen LogP contribution in [0.15, 0.2) is 18.2 Å². The monoisotopic (exact) mass is 246 g/mol. The molecule has 1 aromatic rings. The van der Waals surface area contributed by atoms with E-state index in [4.69, 9.17) is 9.47 Å². The van der Waals surface area contributed by atoms with Crippen LogP contribution >= 0.6 is 0 Å². The van der Waals surface area contributed by atoms with Gasteiger partial charge in [-0.1, -0.05) is 6.07 Å². The fourth-order valence-electron chi connectivity index (χ4n) is 3.97. The molecule has 18 heavy (non-hydrogen) atoms. The molecule has 0 saturated heterocycles. The number of hydrogen-bond donors (Lipinski definition) is 1. The predicted molar refractivity (Wildman–Crippen MR) is 66.8 cm³/mol. The predicted octanol–water partition coefficient (Wildman–Crippen LogP) is 2.47. The SMILES string of the molecule is OC1(c2ccc3c(c2)OCCO3)CC2CCC1C2. The van der Waals surface area contributed by atoms with Crippen LogP contribution in [-0.4, -0.2) is 18.3 Å². The van der Waals surface area contributed by atoms with E-state index < -0.39 is 5.60 Å². The first kappa shape index (κ1) is 10.7. The maximum atomic E-state index is 11.0. The third-order valence-corrected chi connectivity index (χ3v) is 4.86. The van der Waals surface area contributed by atoms with E-state index in [-0.39, 0.29) is 0 Å². The third-order valence-electron chi connectivity index (χ3n) is 4.86. The first-order valence-corrected chi connectivity index (χ1v) is 6.88. The van der Waals surface area contributed by atoms with E-state index in [1.165, 1.54) is 12.8 Å². The van der Waals surface area contributed by atoms with Crippen LogP contribution in [0.3, 0.4) is 0 Å². The number of hydrogen-bond acceptors (Lipinski definition) is 3. The van der Waals surface area contributed by atoms with Gasteiger partial charge in [0.25, 0.3) is 0 Å². The minimum atomic E-state index is -0.626. The molecule has 3 atom stereocenters. The maximum absolute atomic E-state index is 11.0. The Kier molecular flexibility index (Phi) is 2.16. The summed E-state index contributed by atoms with van der Waals surface area (Å²) in [5.41, 5.74) is 0.387. The summed E-state index contributed by atoms with van der Waals surface area (Å²) < 4.78 is 11.1. The molecular weight excluding hydrogens is 228 g/mol. The van der Waals surface area contributed by atoms with E-state index in [1.807, 2.05) is 18.2 Å².